The van der Waals surface area contributed by atoms with Gasteiger partial charge in [-0.05, 0) is 53.6 Å². The first-order chi connectivity index (χ1) is 5.83. The first kappa shape index (κ1) is 9.72. The molecule has 1 unspecified atom stereocenters. The van der Waals surface area contributed by atoms with Gasteiger partial charge < -0.3 is 0 Å². The topological polar surface area (TPSA) is 12.4 Å². The maximum atomic E-state index is 4.21. The third kappa shape index (κ3) is 3.35. The summed E-state index contributed by atoms with van der Waals surface area (Å²) < 4.78 is 0.981. The summed E-state index contributed by atoms with van der Waals surface area (Å²) in [4.78, 5) is 4.21. The maximum absolute atomic E-state index is 4.21. The molecule has 0 spiro atoms. The van der Waals surface area contributed by atoms with Crippen LogP contribution in [0.15, 0.2) is 28.3 Å². The van der Waals surface area contributed by atoms with Crippen LogP contribution in [0.3, 0.4) is 0 Å². The zero-order chi connectivity index (χ0) is 8.81. The first-order valence-electron chi connectivity index (χ1n) is 4.33. The second-order valence-electron chi connectivity index (χ2n) is 3.00. The van der Waals surface area contributed by atoms with Crippen LogP contribution in [0.4, 0.5) is 0 Å². The number of nitrogens with zero attached hydrogens (tertiary/aromatic N) is 1. The highest BCUT2D eigenvalue weighted by molar-refractivity contribution is 9.11. The molecule has 0 saturated heterocycles. The van der Waals surface area contributed by atoms with E-state index in [0.29, 0.717) is 5.92 Å². The van der Waals surface area contributed by atoms with Crippen LogP contribution in [0, 0.1) is 5.92 Å². The normalized spacial score (nSPS) is 23.1. The molecule has 12 heavy (non-hydrogen) atoms. The number of hydrogen-bond donors (Lipinski definition) is 0. The van der Waals surface area contributed by atoms with Gasteiger partial charge in [0, 0.05) is 6.21 Å². The lowest BCUT2D eigenvalue weighted by Gasteiger charge is -2.07. The number of aliphatic imine (C=N–C) groups is 1. The largest absolute Gasteiger partial charge is 0.254 e. The molecule has 66 valence electrons. The molecule has 2 heteroatoms. The minimum absolute atomic E-state index is 0.667. The smallest absolute Gasteiger partial charge is 0.101 e. The van der Waals surface area contributed by atoms with Crippen molar-refractivity contribution in [3.05, 3.63) is 23.3 Å². The molecule has 1 atom stereocenters. The summed E-state index contributed by atoms with van der Waals surface area (Å²) in [7, 11) is 0. The minimum atomic E-state index is 0.667. The first-order valence-corrected chi connectivity index (χ1v) is 5.13. The van der Waals surface area contributed by atoms with Crippen molar-refractivity contribution in [2.24, 2.45) is 10.9 Å². The van der Waals surface area contributed by atoms with Crippen LogP contribution in [0.25, 0.3) is 0 Å². The van der Waals surface area contributed by atoms with E-state index in [1.807, 2.05) is 12.3 Å². The Hall–Kier alpha value is -0.370. The van der Waals surface area contributed by atoms with Crippen molar-refractivity contribution in [2.45, 2.75) is 25.7 Å². The summed E-state index contributed by atoms with van der Waals surface area (Å²) >= 11 is 3.41. The van der Waals surface area contributed by atoms with Gasteiger partial charge in [-0.3, -0.25) is 4.99 Å². The average molecular weight is 228 g/mol. The quantitative estimate of drug-likeness (QED) is 0.516. The summed E-state index contributed by atoms with van der Waals surface area (Å²) in [6.45, 7) is 3.72. The van der Waals surface area contributed by atoms with Crippen molar-refractivity contribution in [1.82, 2.24) is 0 Å². The van der Waals surface area contributed by atoms with E-state index in [9.17, 15) is 0 Å². The van der Waals surface area contributed by atoms with Crippen molar-refractivity contribution in [1.29, 1.82) is 0 Å². The van der Waals surface area contributed by atoms with E-state index in [1.54, 1.807) is 0 Å². The zero-order valence-corrected chi connectivity index (χ0v) is 8.76. The summed E-state index contributed by atoms with van der Waals surface area (Å²) in [5.41, 5.74) is 0. The van der Waals surface area contributed by atoms with Gasteiger partial charge in [-0.1, -0.05) is 6.08 Å². The van der Waals surface area contributed by atoms with Gasteiger partial charge in [-0.2, -0.15) is 0 Å². The number of allylic oxidation sites excluding steroid dienone is 2. The second-order valence-corrected chi connectivity index (χ2v) is 3.82. The van der Waals surface area contributed by atoms with E-state index in [-0.39, 0.29) is 0 Å². The number of halogens is 1. The molecule has 1 heterocycles. The lowest BCUT2D eigenvalue weighted by molar-refractivity contribution is 0.567. The van der Waals surface area contributed by atoms with Crippen molar-refractivity contribution >= 4 is 22.1 Å². The van der Waals surface area contributed by atoms with Crippen LogP contribution in [-0.4, -0.2) is 6.21 Å². The van der Waals surface area contributed by atoms with E-state index < -0.39 is 0 Å². The van der Waals surface area contributed by atoms with Gasteiger partial charge in [0.2, 0.25) is 0 Å². The van der Waals surface area contributed by atoms with Gasteiger partial charge in [-0.15, -0.1) is 6.58 Å². The Bertz CT molecular complexity index is 206. The Morgan fingerprint density at radius 2 is 2.58 bits per heavy atom. The molecule has 1 nitrogen and oxygen atoms in total. The Morgan fingerprint density at radius 1 is 1.75 bits per heavy atom. The van der Waals surface area contributed by atoms with Crippen LogP contribution < -0.4 is 0 Å². The van der Waals surface area contributed by atoms with Crippen LogP contribution in [-0.2, 0) is 0 Å². The van der Waals surface area contributed by atoms with Crippen LogP contribution >= 0.6 is 15.9 Å². The predicted octanol–water partition coefficient (Wildman–Crippen LogP) is 3.67. The monoisotopic (exact) mass is 227 g/mol. The van der Waals surface area contributed by atoms with Gasteiger partial charge in [0.05, 0.1) is 0 Å². The van der Waals surface area contributed by atoms with Gasteiger partial charge in [0.15, 0.2) is 0 Å². The highest BCUT2D eigenvalue weighted by Crippen LogP contribution is 2.22. The maximum Gasteiger partial charge on any atom is 0.101 e. The van der Waals surface area contributed by atoms with E-state index in [4.69, 9.17) is 0 Å². The molecule has 1 aliphatic heterocycles. The summed E-state index contributed by atoms with van der Waals surface area (Å²) in [6.07, 6.45) is 10.8. The highest BCUT2D eigenvalue weighted by Gasteiger charge is 2.07. The van der Waals surface area contributed by atoms with Gasteiger partial charge in [0.1, 0.15) is 4.61 Å². The summed E-state index contributed by atoms with van der Waals surface area (Å²) in [5, 5.41) is 0. The molecule has 0 N–H and O–H groups in total. The summed E-state index contributed by atoms with van der Waals surface area (Å²) in [6, 6.07) is 0. The Kier molecular flexibility index (Phi) is 4.30. The fourth-order valence-electron chi connectivity index (χ4n) is 1.32. The van der Waals surface area contributed by atoms with Gasteiger partial charge in [0.25, 0.3) is 0 Å². The Labute approximate surface area is 82.4 Å². The molecule has 1 aliphatic rings. The number of hydrogen-bond acceptors (Lipinski definition) is 1. The molecule has 0 aromatic heterocycles. The SMILES string of the molecule is C=CCCC1C=C(Br)N=CCC1. The third-order valence-electron chi connectivity index (χ3n) is 2.00. The molecule has 1 rings (SSSR count). The minimum Gasteiger partial charge on any atom is -0.254 e. The number of rotatable bonds is 3. The third-order valence-corrected chi connectivity index (χ3v) is 2.47. The van der Waals surface area contributed by atoms with E-state index in [0.717, 1.165) is 17.4 Å². The zero-order valence-electron chi connectivity index (χ0n) is 7.17. The van der Waals surface area contributed by atoms with E-state index in [2.05, 4.69) is 33.6 Å². The molecule has 0 fully saturated rings. The molecule has 0 aliphatic carbocycles. The van der Waals surface area contributed by atoms with Crippen LogP contribution in [0.1, 0.15) is 25.7 Å². The summed E-state index contributed by atoms with van der Waals surface area (Å²) in [5.74, 6) is 0.667. The molecule has 0 aromatic carbocycles. The van der Waals surface area contributed by atoms with Crippen molar-refractivity contribution in [3.63, 3.8) is 0 Å². The van der Waals surface area contributed by atoms with Gasteiger partial charge in [-0.25, -0.2) is 0 Å². The van der Waals surface area contributed by atoms with Crippen molar-refractivity contribution < 1.29 is 0 Å². The van der Waals surface area contributed by atoms with E-state index >= 15 is 0 Å². The van der Waals surface area contributed by atoms with Crippen LogP contribution in [0.5, 0.6) is 0 Å². The lowest BCUT2D eigenvalue weighted by atomic mass is 9.98. The fraction of sp³-hybridized carbons (Fsp3) is 0.500. The van der Waals surface area contributed by atoms with E-state index in [1.165, 1.54) is 12.8 Å². The highest BCUT2D eigenvalue weighted by atomic mass is 79.9. The molecule has 0 aromatic rings. The van der Waals surface area contributed by atoms with Crippen molar-refractivity contribution in [3.8, 4) is 0 Å². The molecule has 0 saturated carbocycles. The molecular formula is C10H14BrN. The molecule has 0 amide bonds. The van der Waals surface area contributed by atoms with Gasteiger partial charge >= 0.3 is 0 Å². The lowest BCUT2D eigenvalue weighted by Crippen LogP contribution is -1.95. The molecule has 0 radical (unpaired) electrons. The Balaban J connectivity index is 2.44. The Morgan fingerprint density at radius 3 is 3.33 bits per heavy atom. The fourth-order valence-corrected chi connectivity index (χ4v) is 1.84. The van der Waals surface area contributed by atoms with Crippen LogP contribution in [0.2, 0.25) is 0 Å². The van der Waals surface area contributed by atoms with Crippen molar-refractivity contribution in [2.75, 3.05) is 0 Å². The second kappa shape index (κ2) is 5.31. The predicted molar refractivity (Wildman–Crippen MR) is 57.7 cm³/mol. The molecule has 0 bridgehead atoms. The molecular weight excluding hydrogens is 214 g/mol. The average Bonchev–Trinajstić information content (AvgIpc) is 2.26. The standard InChI is InChI=1S/C10H14BrN/c1-2-3-5-9-6-4-7-12-10(11)8-9/h2,7-9H,1,3-6H2.